The monoisotopic (exact) mass is 345 g/mol. The van der Waals surface area contributed by atoms with Crippen molar-refractivity contribution in [2.45, 2.75) is 39.0 Å². The molecular formula is C14H20BrNO2S. The van der Waals surface area contributed by atoms with Crippen LogP contribution in [0.25, 0.3) is 0 Å². The van der Waals surface area contributed by atoms with Gasteiger partial charge in [0.15, 0.2) is 0 Å². The van der Waals surface area contributed by atoms with Crippen LogP contribution in [0.5, 0.6) is 0 Å². The Balaban J connectivity index is 2.03. The fourth-order valence-electron chi connectivity index (χ4n) is 2.58. The molecule has 0 heterocycles. The van der Waals surface area contributed by atoms with Crippen LogP contribution in [0.3, 0.4) is 0 Å². The minimum atomic E-state index is -3.25. The van der Waals surface area contributed by atoms with Crippen molar-refractivity contribution in [3.05, 3.63) is 28.2 Å². The Morgan fingerprint density at radius 1 is 1.26 bits per heavy atom. The van der Waals surface area contributed by atoms with Gasteiger partial charge < -0.3 is 0 Å². The summed E-state index contributed by atoms with van der Waals surface area (Å²) in [7, 11) is -3.25. The summed E-state index contributed by atoms with van der Waals surface area (Å²) in [6.07, 6.45) is 5.64. The van der Waals surface area contributed by atoms with Crippen molar-refractivity contribution >= 4 is 31.6 Å². The van der Waals surface area contributed by atoms with Gasteiger partial charge in [-0.3, -0.25) is 4.72 Å². The van der Waals surface area contributed by atoms with Gasteiger partial charge >= 0.3 is 0 Å². The molecule has 3 nitrogen and oxygen atoms in total. The van der Waals surface area contributed by atoms with Crippen molar-refractivity contribution in [3.8, 4) is 0 Å². The molecule has 0 unspecified atom stereocenters. The highest BCUT2D eigenvalue weighted by molar-refractivity contribution is 9.10. The molecule has 1 aliphatic carbocycles. The van der Waals surface area contributed by atoms with E-state index in [2.05, 4.69) is 20.7 Å². The van der Waals surface area contributed by atoms with Crippen LogP contribution < -0.4 is 4.72 Å². The maximum absolute atomic E-state index is 12.2. The van der Waals surface area contributed by atoms with Crippen molar-refractivity contribution in [2.24, 2.45) is 5.92 Å². The third-order valence-electron chi connectivity index (χ3n) is 3.57. The quantitative estimate of drug-likeness (QED) is 0.893. The second-order valence-electron chi connectivity index (χ2n) is 5.37. The van der Waals surface area contributed by atoms with Gasteiger partial charge in [-0.05, 0) is 59.3 Å². The van der Waals surface area contributed by atoms with E-state index in [0.717, 1.165) is 35.7 Å². The average molecular weight is 346 g/mol. The van der Waals surface area contributed by atoms with Gasteiger partial charge in [0.25, 0.3) is 0 Å². The van der Waals surface area contributed by atoms with Gasteiger partial charge in [-0.25, -0.2) is 8.42 Å². The number of hydrogen-bond acceptors (Lipinski definition) is 2. The van der Waals surface area contributed by atoms with Crippen LogP contribution in [-0.4, -0.2) is 14.2 Å². The molecule has 2 rings (SSSR count). The summed E-state index contributed by atoms with van der Waals surface area (Å²) in [5, 5.41) is 0. The minimum absolute atomic E-state index is 0.243. The van der Waals surface area contributed by atoms with Crippen molar-refractivity contribution in [3.63, 3.8) is 0 Å². The largest absolute Gasteiger partial charge is 0.282 e. The summed E-state index contributed by atoms with van der Waals surface area (Å²) >= 11 is 3.40. The summed E-state index contributed by atoms with van der Waals surface area (Å²) in [5.41, 5.74) is 1.73. The molecule has 1 aliphatic rings. The van der Waals surface area contributed by atoms with Crippen LogP contribution in [0.2, 0.25) is 0 Å². The van der Waals surface area contributed by atoms with E-state index in [1.165, 1.54) is 6.42 Å². The maximum atomic E-state index is 12.2. The standard InChI is InChI=1S/C14H20BrNO2S/c1-11-7-8-14(13(15)9-11)16-19(17,18)10-12-5-3-2-4-6-12/h7-9,12,16H,2-6,10H2,1H3. The van der Waals surface area contributed by atoms with Crippen LogP contribution in [-0.2, 0) is 10.0 Å². The predicted molar refractivity (Wildman–Crippen MR) is 82.9 cm³/mol. The Morgan fingerprint density at radius 3 is 2.58 bits per heavy atom. The molecule has 0 aromatic heterocycles. The lowest BCUT2D eigenvalue weighted by atomic mass is 9.91. The van der Waals surface area contributed by atoms with E-state index in [0.29, 0.717) is 11.6 Å². The molecule has 1 aromatic carbocycles. The SMILES string of the molecule is Cc1ccc(NS(=O)(=O)CC2CCCCC2)c(Br)c1. The Hall–Kier alpha value is -0.550. The highest BCUT2D eigenvalue weighted by atomic mass is 79.9. The smallest absolute Gasteiger partial charge is 0.233 e. The van der Waals surface area contributed by atoms with Gasteiger partial charge in [-0.2, -0.15) is 0 Å². The molecule has 0 spiro atoms. The normalized spacial score (nSPS) is 17.4. The predicted octanol–water partition coefficient (Wildman–Crippen LogP) is 4.08. The molecule has 1 aromatic rings. The zero-order valence-corrected chi connectivity index (χ0v) is 13.6. The minimum Gasteiger partial charge on any atom is -0.282 e. The van der Waals surface area contributed by atoms with Gasteiger partial charge in [0.05, 0.1) is 11.4 Å². The van der Waals surface area contributed by atoms with E-state index in [1.54, 1.807) is 6.07 Å². The zero-order chi connectivity index (χ0) is 13.9. The molecule has 1 N–H and O–H groups in total. The summed E-state index contributed by atoms with van der Waals surface area (Å²) in [5.74, 6) is 0.559. The third kappa shape index (κ3) is 4.49. The van der Waals surface area contributed by atoms with Crippen molar-refractivity contribution in [2.75, 3.05) is 10.5 Å². The molecule has 0 saturated heterocycles. The van der Waals surface area contributed by atoms with Crippen molar-refractivity contribution in [1.82, 2.24) is 0 Å². The summed E-state index contributed by atoms with van der Waals surface area (Å²) in [4.78, 5) is 0. The van der Waals surface area contributed by atoms with E-state index < -0.39 is 10.0 Å². The summed E-state index contributed by atoms with van der Waals surface area (Å²) in [6.45, 7) is 1.98. The number of rotatable bonds is 4. The zero-order valence-electron chi connectivity index (χ0n) is 11.2. The first-order valence-corrected chi connectivity index (χ1v) is 9.17. The molecule has 0 amide bonds. The molecule has 1 fully saturated rings. The molecule has 1 saturated carbocycles. The van der Waals surface area contributed by atoms with Gasteiger partial charge in [-0.15, -0.1) is 0 Å². The third-order valence-corrected chi connectivity index (χ3v) is 5.67. The van der Waals surface area contributed by atoms with Crippen LogP contribution in [0.1, 0.15) is 37.7 Å². The van der Waals surface area contributed by atoms with Crippen molar-refractivity contribution < 1.29 is 8.42 Å². The topological polar surface area (TPSA) is 46.2 Å². The van der Waals surface area contributed by atoms with E-state index in [1.807, 2.05) is 19.1 Å². The van der Waals surface area contributed by atoms with Crippen LogP contribution in [0.15, 0.2) is 22.7 Å². The van der Waals surface area contributed by atoms with Crippen LogP contribution >= 0.6 is 15.9 Å². The average Bonchev–Trinajstić information content (AvgIpc) is 2.33. The highest BCUT2D eigenvalue weighted by Gasteiger charge is 2.21. The first kappa shape index (κ1) is 14.9. The molecular weight excluding hydrogens is 326 g/mol. The van der Waals surface area contributed by atoms with Gasteiger partial charge in [0.1, 0.15) is 0 Å². The Labute approximate surface area is 124 Å². The Morgan fingerprint density at radius 2 is 1.95 bits per heavy atom. The molecule has 5 heteroatoms. The van der Waals surface area contributed by atoms with E-state index >= 15 is 0 Å². The fraction of sp³-hybridized carbons (Fsp3) is 0.571. The molecule has 0 atom stereocenters. The molecule has 0 aliphatic heterocycles. The lowest BCUT2D eigenvalue weighted by Crippen LogP contribution is -2.24. The molecule has 106 valence electrons. The van der Waals surface area contributed by atoms with Crippen LogP contribution in [0.4, 0.5) is 5.69 Å². The number of benzene rings is 1. The van der Waals surface area contributed by atoms with Gasteiger partial charge in [-0.1, -0.05) is 25.3 Å². The van der Waals surface area contributed by atoms with Gasteiger partial charge in [0.2, 0.25) is 10.0 Å². The Kier molecular flexibility index (Phi) is 4.90. The Bertz CT molecular complexity index is 536. The first-order chi connectivity index (χ1) is 8.96. The number of aryl methyl sites for hydroxylation is 1. The summed E-state index contributed by atoms with van der Waals surface area (Å²) in [6, 6.07) is 5.62. The molecule has 19 heavy (non-hydrogen) atoms. The summed E-state index contributed by atoms with van der Waals surface area (Å²) < 4.78 is 27.8. The fourth-order valence-corrected chi connectivity index (χ4v) is 4.85. The van der Waals surface area contributed by atoms with E-state index in [-0.39, 0.29) is 5.75 Å². The maximum Gasteiger partial charge on any atom is 0.233 e. The van der Waals surface area contributed by atoms with E-state index in [4.69, 9.17) is 0 Å². The van der Waals surface area contributed by atoms with Crippen LogP contribution in [0, 0.1) is 12.8 Å². The lowest BCUT2D eigenvalue weighted by Gasteiger charge is -2.21. The lowest BCUT2D eigenvalue weighted by molar-refractivity contribution is 0.385. The first-order valence-electron chi connectivity index (χ1n) is 6.73. The van der Waals surface area contributed by atoms with E-state index in [9.17, 15) is 8.42 Å². The number of anilines is 1. The number of hydrogen-bond donors (Lipinski definition) is 1. The van der Waals surface area contributed by atoms with Gasteiger partial charge in [0, 0.05) is 4.47 Å². The molecule has 0 bridgehead atoms. The highest BCUT2D eigenvalue weighted by Crippen LogP contribution is 2.27. The van der Waals surface area contributed by atoms with Crippen molar-refractivity contribution in [1.29, 1.82) is 0 Å². The number of halogens is 1. The second kappa shape index (κ2) is 6.27. The molecule has 0 radical (unpaired) electrons. The number of nitrogens with one attached hydrogen (secondary N) is 1. The second-order valence-corrected chi connectivity index (χ2v) is 7.99. The number of sulfonamides is 1.